The Labute approximate surface area is 233 Å². The number of anilines is 3. The summed E-state index contributed by atoms with van der Waals surface area (Å²) in [5.74, 6) is 2.94. The van der Waals surface area contributed by atoms with Crippen LogP contribution in [0.15, 0.2) is 110 Å². The summed E-state index contributed by atoms with van der Waals surface area (Å²) in [4.78, 5) is 2.31. The van der Waals surface area contributed by atoms with Gasteiger partial charge in [-0.2, -0.15) is 0 Å². The van der Waals surface area contributed by atoms with E-state index in [0.717, 1.165) is 45.9 Å². The molecule has 0 aliphatic heterocycles. The lowest BCUT2D eigenvalue weighted by atomic mass is 9.48. The van der Waals surface area contributed by atoms with Crippen molar-refractivity contribution in [1.82, 2.24) is 0 Å². The van der Waals surface area contributed by atoms with Gasteiger partial charge in [0.15, 0.2) is 0 Å². The number of benzene rings is 4. The van der Waals surface area contributed by atoms with Gasteiger partial charge in [0, 0.05) is 17.1 Å². The van der Waals surface area contributed by atoms with Crippen LogP contribution in [0.1, 0.15) is 55.2 Å². The molecule has 0 heterocycles. The Kier molecular flexibility index (Phi) is 6.04. The molecule has 0 saturated heterocycles. The van der Waals surface area contributed by atoms with Gasteiger partial charge in [0.1, 0.15) is 0 Å². The van der Waals surface area contributed by atoms with E-state index in [1.165, 1.54) is 49.7 Å². The molecule has 0 unspecified atom stereocenters. The smallest absolute Gasteiger partial charge is 0.0462 e. The maximum Gasteiger partial charge on any atom is 0.0462 e. The van der Waals surface area contributed by atoms with Crippen molar-refractivity contribution in [1.29, 1.82) is 0 Å². The molecule has 0 spiro atoms. The van der Waals surface area contributed by atoms with Crippen molar-refractivity contribution < 1.29 is 0 Å². The largest absolute Gasteiger partial charge is 0.311 e. The molecule has 0 radical (unpaired) electrons. The first-order chi connectivity index (χ1) is 19.1. The minimum atomic E-state index is 0.458. The molecule has 4 fully saturated rings. The van der Waals surface area contributed by atoms with Gasteiger partial charge in [0.2, 0.25) is 0 Å². The molecule has 4 aliphatic rings. The maximum absolute atomic E-state index is 3.91. The van der Waals surface area contributed by atoms with Crippen LogP contribution in [-0.4, -0.2) is 0 Å². The molecule has 4 saturated carbocycles. The minimum Gasteiger partial charge on any atom is -0.311 e. The van der Waals surface area contributed by atoms with Gasteiger partial charge in [0.05, 0.1) is 0 Å². The van der Waals surface area contributed by atoms with E-state index in [0.29, 0.717) is 5.41 Å². The molecule has 39 heavy (non-hydrogen) atoms. The summed E-state index contributed by atoms with van der Waals surface area (Å²) in [6.45, 7) is 7.82. The molecule has 0 aromatic heterocycles. The average Bonchev–Trinajstić information content (AvgIpc) is 2.98. The van der Waals surface area contributed by atoms with Crippen LogP contribution in [0.2, 0.25) is 0 Å². The standard InChI is InChI=1S/C38H37N/c1-3-27-5-15-35(16-6-27)39(36-17-7-28(4-2)8-18-36)37-19-11-33(12-20-37)32-9-13-34(14-10-32)38-24-29-21-30(25-38)23-31(22-29)26-38/h3-20,29-31H,1-2,21-26H2. The second-order valence-electron chi connectivity index (χ2n) is 12.2. The first-order valence-corrected chi connectivity index (χ1v) is 14.6. The fourth-order valence-corrected chi connectivity index (χ4v) is 8.25. The zero-order valence-corrected chi connectivity index (χ0v) is 22.7. The monoisotopic (exact) mass is 507 g/mol. The summed E-state index contributed by atoms with van der Waals surface area (Å²) in [5.41, 5.74) is 10.2. The Bertz CT molecular complexity index is 1390. The first-order valence-electron chi connectivity index (χ1n) is 14.6. The van der Waals surface area contributed by atoms with Crippen LogP contribution in [0.25, 0.3) is 23.3 Å². The summed E-state index contributed by atoms with van der Waals surface area (Å²) < 4.78 is 0. The van der Waals surface area contributed by atoms with Crippen molar-refractivity contribution in [3.05, 3.63) is 127 Å². The Hall–Kier alpha value is -3.84. The van der Waals surface area contributed by atoms with Crippen LogP contribution in [0.3, 0.4) is 0 Å². The van der Waals surface area contributed by atoms with E-state index in [1.807, 2.05) is 12.2 Å². The van der Waals surface area contributed by atoms with Crippen molar-refractivity contribution in [2.24, 2.45) is 17.8 Å². The third-order valence-electron chi connectivity index (χ3n) is 9.77. The van der Waals surface area contributed by atoms with Crippen molar-refractivity contribution >= 4 is 29.2 Å². The van der Waals surface area contributed by atoms with Gasteiger partial charge in [0.25, 0.3) is 0 Å². The highest BCUT2D eigenvalue weighted by Crippen LogP contribution is 2.60. The number of hydrogen-bond donors (Lipinski definition) is 0. The quantitative estimate of drug-likeness (QED) is 0.240. The second kappa shape index (κ2) is 9.72. The van der Waals surface area contributed by atoms with E-state index in [2.05, 4.69) is 115 Å². The Balaban J connectivity index is 1.17. The third-order valence-corrected chi connectivity index (χ3v) is 9.77. The lowest BCUT2D eigenvalue weighted by molar-refractivity contribution is -0.00518. The van der Waals surface area contributed by atoms with E-state index in [1.54, 1.807) is 5.56 Å². The molecular formula is C38H37N. The van der Waals surface area contributed by atoms with Gasteiger partial charge in [-0.1, -0.05) is 86.0 Å². The Morgan fingerprint density at radius 1 is 0.513 bits per heavy atom. The van der Waals surface area contributed by atoms with Gasteiger partial charge in [-0.15, -0.1) is 0 Å². The van der Waals surface area contributed by atoms with Crippen molar-refractivity contribution in [2.45, 2.75) is 43.9 Å². The summed E-state index contributed by atoms with van der Waals surface area (Å²) >= 11 is 0. The molecule has 4 bridgehead atoms. The van der Waals surface area contributed by atoms with Crippen LogP contribution in [0.4, 0.5) is 17.1 Å². The molecular weight excluding hydrogens is 470 g/mol. The lowest BCUT2D eigenvalue weighted by Crippen LogP contribution is -2.48. The molecule has 0 amide bonds. The van der Waals surface area contributed by atoms with Crippen LogP contribution < -0.4 is 4.90 Å². The molecule has 8 rings (SSSR count). The Morgan fingerprint density at radius 3 is 1.26 bits per heavy atom. The number of hydrogen-bond acceptors (Lipinski definition) is 1. The van der Waals surface area contributed by atoms with E-state index < -0.39 is 0 Å². The number of rotatable bonds is 7. The van der Waals surface area contributed by atoms with Gasteiger partial charge < -0.3 is 4.90 Å². The lowest BCUT2D eigenvalue weighted by Gasteiger charge is -2.57. The zero-order chi connectivity index (χ0) is 26.4. The van der Waals surface area contributed by atoms with Crippen LogP contribution >= 0.6 is 0 Å². The molecule has 4 aliphatic carbocycles. The van der Waals surface area contributed by atoms with E-state index in [9.17, 15) is 0 Å². The van der Waals surface area contributed by atoms with Gasteiger partial charge in [-0.3, -0.25) is 0 Å². The highest BCUT2D eigenvalue weighted by molar-refractivity contribution is 5.79. The second-order valence-corrected chi connectivity index (χ2v) is 12.2. The molecule has 0 atom stereocenters. The predicted octanol–water partition coefficient (Wildman–Crippen LogP) is 10.6. The predicted molar refractivity (Wildman–Crippen MR) is 167 cm³/mol. The SMILES string of the molecule is C=Cc1ccc(N(c2ccc(C=C)cc2)c2ccc(-c3ccc(C45CC6CC(CC(C6)C4)C5)cc3)cc2)cc1. The third kappa shape index (κ3) is 4.44. The maximum atomic E-state index is 3.91. The van der Waals surface area contributed by atoms with Gasteiger partial charge in [-0.05, 0) is 126 Å². The number of nitrogens with zero attached hydrogens (tertiary/aromatic N) is 1. The first kappa shape index (κ1) is 24.2. The topological polar surface area (TPSA) is 3.24 Å². The molecule has 194 valence electrons. The average molecular weight is 508 g/mol. The zero-order valence-electron chi connectivity index (χ0n) is 22.7. The minimum absolute atomic E-state index is 0.458. The van der Waals surface area contributed by atoms with Crippen molar-refractivity contribution in [3.63, 3.8) is 0 Å². The van der Waals surface area contributed by atoms with E-state index >= 15 is 0 Å². The molecule has 4 aromatic carbocycles. The molecule has 4 aromatic rings. The van der Waals surface area contributed by atoms with E-state index in [-0.39, 0.29) is 0 Å². The normalized spacial score (nSPS) is 24.9. The summed E-state index contributed by atoms with van der Waals surface area (Å²) in [6.07, 6.45) is 12.5. The summed E-state index contributed by atoms with van der Waals surface area (Å²) in [7, 11) is 0. The fourth-order valence-electron chi connectivity index (χ4n) is 8.25. The van der Waals surface area contributed by atoms with Crippen molar-refractivity contribution in [3.8, 4) is 11.1 Å². The molecule has 0 N–H and O–H groups in total. The fraction of sp³-hybridized carbons (Fsp3) is 0.263. The van der Waals surface area contributed by atoms with Gasteiger partial charge >= 0.3 is 0 Å². The van der Waals surface area contributed by atoms with Crippen LogP contribution in [-0.2, 0) is 5.41 Å². The molecule has 1 nitrogen and oxygen atoms in total. The summed E-state index contributed by atoms with van der Waals surface area (Å²) in [5, 5.41) is 0. The van der Waals surface area contributed by atoms with Crippen LogP contribution in [0, 0.1) is 17.8 Å². The van der Waals surface area contributed by atoms with Crippen molar-refractivity contribution in [2.75, 3.05) is 4.90 Å². The Morgan fingerprint density at radius 2 is 0.872 bits per heavy atom. The molecule has 1 heteroatoms. The highest BCUT2D eigenvalue weighted by Gasteiger charge is 2.51. The van der Waals surface area contributed by atoms with Gasteiger partial charge in [-0.25, -0.2) is 0 Å². The highest BCUT2D eigenvalue weighted by atomic mass is 15.1. The van der Waals surface area contributed by atoms with E-state index in [4.69, 9.17) is 0 Å². The summed E-state index contributed by atoms with van der Waals surface area (Å²) in [6, 6.07) is 35.8. The van der Waals surface area contributed by atoms with Crippen LogP contribution in [0.5, 0.6) is 0 Å².